The zero-order valence-corrected chi connectivity index (χ0v) is 15.4. The first-order valence-corrected chi connectivity index (χ1v) is 9.06. The molecule has 140 valence electrons. The highest BCUT2D eigenvalue weighted by Crippen LogP contribution is 2.21. The number of carbonyl (C=O) groups excluding carboxylic acids is 1. The summed E-state index contributed by atoms with van der Waals surface area (Å²) in [5, 5.41) is 11.5. The SMILES string of the molecule is CCOS(=O)(=O)c1ccc([C@H](CC(=O)O)NC(=O)OC(C)(C)C)cc1. The van der Waals surface area contributed by atoms with Gasteiger partial charge in [-0.2, -0.15) is 8.42 Å². The lowest BCUT2D eigenvalue weighted by Crippen LogP contribution is -2.35. The molecule has 1 atom stereocenters. The van der Waals surface area contributed by atoms with E-state index in [0.717, 1.165) is 0 Å². The number of rotatable bonds is 7. The quantitative estimate of drug-likeness (QED) is 0.705. The van der Waals surface area contributed by atoms with Gasteiger partial charge in [-0.1, -0.05) is 12.1 Å². The molecule has 8 nitrogen and oxygen atoms in total. The first-order chi connectivity index (χ1) is 11.4. The van der Waals surface area contributed by atoms with Crippen molar-refractivity contribution < 1.29 is 32.0 Å². The number of benzene rings is 1. The van der Waals surface area contributed by atoms with Crippen molar-refractivity contribution in [2.75, 3.05) is 6.61 Å². The molecule has 0 radical (unpaired) electrons. The van der Waals surface area contributed by atoms with Crippen molar-refractivity contribution in [2.45, 2.75) is 50.7 Å². The Morgan fingerprint density at radius 2 is 1.76 bits per heavy atom. The third kappa shape index (κ3) is 7.10. The van der Waals surface area contributed by atoms with Gasteiger partial charge in [-0.15, -0.1) is 0 Å². The average Bonchev–Trinajstić information content (AvgIpc) is 2.44. The van der Waals surface area contributed by atoms with Crippen LogP contribution in [0.1, 0.15) is 45.7 Å². The van der Waals surface area contributed by atoms with Crippen molar-refractivity contribution >= 4 is 22.2 Å². The van der Waals surface area contributed by atoms with Gasteiger partial charge in [-0.3, -0.25) is 8.98 Å². The topological polar surface area (TPSA) is 119 Å². The molecular weight excluding hydrogens is 350 g/mol. The summed E-state index contributed by atoms with van der Waals surface area (Å²) in [6, 6.07) is 4.59. The van der Waals surface area contributed by atoms with E-state index in [-0.39, 0.29) is 17.9 Å². The van der Waals surface area contributed by atoms with Gasteiger partial charge in [0.15, 0.2) is 0 Å². The molecule has 1 aromatic carbocycles. The van der Waals surface area contributed by atoms with E-state index in [1.54, 1.807) is 27.7 Å². The zero-order chi connectivity index (χ0) is 19.3. The van der Waals surface area contributed by atoms with Gasteiger partial charge in [0, 0.05) is 0 Å². The molecular formula is C16H23NO7S. The Balaban J connectivity index is 3.00. The smallest absolute Gasteiger partial charge is 0.408 e. The van der Waals surface area contributed by atoms with E-state index in [4.69, 9.17) is 9.84 Å². The van der Waals surface area contributed by atoms with Crippen LogP contribution in [-0.4, -0.2) is 37.8 Å². The van der Waals surface area contributed by atoms with E-state index in [0.29, 0.717) is 5.56 Å². The maximum Gasteiger partial charge on any atom is 0.408 e. The van der Waals surface area contributed by atoms with Crippen LogP contribution in [0.3, 0.4) is 0 Å². The lowest BCUT2D eigenvalue weighted by atomic mass is 10.0. The van der Waals surface area contributed by atoms with Crippen molar-refractivity contribution in [3.8, 4) is 0 Å². The molecule has 0 aromatic heterocycles. The van der Waals surface area contributed by atoms with Gasteiger partial charge in [0.2, 0.25) is 0 Å². The van der Waals surface area contributed by atoms with Crippen molar-refractivity contribution in [3.05, 3.63) is 29.8 Å². The number of nitrogens with one attached hydrogen (secondary N) is 1. The van der Waals surface area contributed by atoms with E-state index in [2.05, 4.69) is 9.50 Å². The maximum absolute atomic E-state index is 11.9. The molecule has 0 bridgehead atoms. The Hall–Kier alpha value is -2.13. The second kappa shape index (κ2) is 8.30. The minimum atomic E-state index is -3.85. The number of carboxylic acids is 1. The van der Waals surface area contributed by atoms with Gasteiger partial charge in [-0.05, 0) is 45.4 Å². The van der Waals surface area contributed by atoms with Crippen molar-refractivity contribution in [2.24, 2.45) is 0 Å². The standard InChI is InChI=1S/C16H23NO7S/c1-5-23-25(21,22)12-8-6-11(7-9-12)13(10-14(18)19)17-15(20)24-16(2,3)4/h6-9,13H,5,10H2,1-4H3,(H,17,20)(H,18,19)/t13-/m0/s1. The van der Waals surface area contributed by atoms with Gasteiger partial charge < -0.3 is 15.2 Å². The van der Waals surface area contributed by atoms with Crippen LogP contribution in [0.2, 0.25) is 0 Å². The molecule has 0 spiro atoms. The predicted octanol–water partition coefficient (Wildman–Crippen LogP) is 2.45. The van der Waals surface area contributed by atoms with Gasteiger partial charge in [0.25, 0.3) is 10.1 Å². The predicted molar refractivity (Wildman–Crippen MR) is 89.6 cm³/mol. The second-order valence-corrected chi connectivity index (χ2v) is 7.84. The van der Waals surface area contributed by atoms with Gasteiger partial charge in [0.05, 0.1) is 24.0 Å². The maximum atomic E-state index is 11.9. The summed E-state index contributed by atoms with van der Waals surface area (Å²) in [6.45, 7) is 6.62. The molecule has 0 aliphatic carbocycles. The summed E-state index contributed by atoms with van der Waals surface area (Å²) >= 11 is 0. The summed E-state index contributed by atoms with van der Waals surface area (Å²) < 4.78 is 33.4. The number of hydrogen-bond donors (Lipinski definition) is 2. The summed E-state index contributed by atoms with van der Waals surface area (Å²) in [7, 11) is -3.85. The van der Waals surface area contributed by atoms with Crippen LogP contribution in [0.25, 0.3) is 0 Å². The third-order valence-corrected chi connectivity index (χ3v) is 4.31. The summed E-state index contributed by atoms with van der Waals surface area (Å²) in [6.07, 6.45) is -1.14. The Labute approximate surface area is 147 Å². The molecule has 0 aliphatic rings. The van der Waals surface area contributed by atoms with Gasteiger partial charge in [-0.25, -0.2) is 4.79 Å². The monoisotopic (exact) mass is 373 g/mol. The molecule has 1 aromatic rings. The van der Waals surface area contributed by atoms with E-state index < -0.39 is 33.8 Å². The lowest BCUT2D eigenvalue weighted by molar-refractivity contribution is -0.137. The first-order valence-electron chi connectivity index (χ1n) is 7.65. The number of ether oxygens (including phenoxy) is 1. The minimum absolute atomic E-state index is 0.00588. The summed E-state index contributed by atoms with van der Waals surface area (Å²) in [5.74, 6) is -1.12. The van der Waals surface area contributed by atoms with Crippen molar-refractivity contribution in [1.82, 2.24) is 5.32 Å². The first kappa shape index (κ1) is 20.9. The second-order valence-electron chi connectivity index (χ2n) is 6.23. The van der Waals surface area contributed by atoms with Crippen LogP contribution in [-0.2, 0) is 23.8 Å². The van der Waals surface area contributed by atoms with Gasteiger partial charge in [0.1, 0.15) is 5.60 Å². The molecule has 9 heteroatoms. The molecule has 0 fully saturated rings. The molecule has 0 unspecified atom stereocenters. The van der Waals surface area contributed by atoms with Gasteiger partial charge >= 0.3 is 12.1 Å². The fourth-order valence-corrected chi connectivity index (χ4v) is 2.88. The Morgan fingerprint density at radius 3 is 2.20 bits per heavy atom. The van der Waals surface area contributed by atoms with Crippen LogP contribution < -0.4 is 5.32 Å². The van der Waals surface area contributed by atoms with E-state index in [1.165, 1.54) is 24.3 Å². The Bertz CT molecular complexity index is 705. The fourth-order valence-electron chi connectivity index (χ4n) is 1.97. The molecule has 1 rings (SSSR count). The van der Waals surface area contributed by atoms with Crippen LogP contribution in [0.4, 0.5) is 4.79 Å². The molecule has 25 heavy (non-hydrogen) atoms. The average molecular weight is 373 g/mol. The number of amides is 1. The van der Waals surface area contributed by atoms with E-state index in [9.17, 15) is 18.0 Å². The summed E-state index contributed by atoms with van der Waals surface area (Å²) in [4.78, 5) is 22.9. The number of hydrogen-bond acceptors (Lipinski definition) is 6. The fraction of sp³-hybridized carbons (Fsp3) is 0.500. The lowest BCUT2D eigenvalue weighted by Gasteiger charge is -2.23. The van der Waals surface area contributed by atoms with Crippen LogP contribution >= 0.6 is 0 Å². The van der Waals surface area contributed by atoms with Crippen molar-refractivity contribution in [1.29, 1.82) is 0 Å². The third-order valence-electron chi connectivity index (χ3n) is 2.91. The van der Waals surface area contributed by atoms with Crippen LogP contribution in [0.5, 0.6) is 0 Å². The molecule has 0 aliphatic heterocycles. The largest absolute Gasteiger partial charge is 0.481 e. The number of carboxylic acid groups (broad SMARTS) is 1. The highest BCUT2D eigenvalue weighted by Gasteiger charge is 2.23. The highest BCUT2D eigenvalue weighted by molar-refractivity contribution is 7.86. The highest BCUT2D eigenvalue weighted by atomic mass is 32.2. The zero-order valence-electron chi connectivity index (χ0n) is 14.6. The molecule has 0 saturated carbocycles. The Kier molecular flexibility index (Phi) is 6.95. The van der Waals surface area contributed by atoms with Crippen LogP contribution in [0.15, 0.2) is 29.2 Å². The molecule has 0 heterocycles. The number of aliphatic carboxylic acids is 1. The summed E-state index contributed by atoms with van der Waals surface area (Å²) in [5.41, 5.74) is -0.295. The normalized spacial score (nSPS) is 13.1. The van der Waals surface area contributed by atoms with Crippen molar-refractivity contribution in [3.63, 3.8) is 0 Å². The van der Waals surface area contributed by atoms with E-state index >= 15 is 0 Å². The number of carbonyl (C=O) groups is 2. The minimum Gasteiger partial charge on any atom is -0.481 e. The van der Waals surface area contributed by atoms with E-state index in [1.807, 2.05) is 0 Å². The number of alkyl carbamates (subject to hydrolysis) is 1. The molecule has 1 amide bonds. The Morgan fingerprint density at radius 1 is 1.20 bits per heavy atom. The van der Waals surface area contributed by atoms with Crippen LogP contribution in [0, 0.1) is 0 Å². The molecule has 0 saturated heterocycles. The molecule has 2 N–H and O–H groups in total.